The van der Waals surface area contributed by atoms with E-state index in [1.807, 2.05) is 36.5 Å². The normalized spacial score (nSPS) is 18.1. The van der Waals surface area contributed by atoms with Gasteiger partial charge in [0.25, 0.3) is 5.91 Å². The fourth-order valence-electron chi connectivity index (χ4n) is 1.93. The first-order valence-electron chi connectivity index (χ1n) is 6.66. The van der Waals surface area contributed by atoms with Gasteiger partial charge in [-0.15, -0.1) is 0 Å². The molecule has 0 bridgehead atoms. The Balaban J connectivity index is 2.12. The van der Waals surface area contributed by atoms with Crippen molar-refractivity contribution in [3.05, 3.63) is 71.2 Å². The van der Waals surface area contributed by atoms with Gasteiger partial charge in [-0.25, -0.2) is 0 Å². The van der Waals surface area contributed by atoms with Gasteiger partial charge in [-0.3, -0.25) is 4.79 Å². The molecule has 0 saturated heterocycles. The van der Waals surface area contributed by atoms with Gasteiger partial charge in [0, 0.05) is 17.7 Å². The minimum absolute atomic E-state index is 0.130. The SMILES string of the molecule is COC1=CC(C(=O)NC2=CC=C(C)CC=C2)=CC=CC1. The fraction of sp³-hybridized carbons (Fsp3) is 0.235. The molecule has 0 heterocycles. The molecule has 0 unspecified atom stereocenters. The lowest BCUT2D eigenvalue weighted by Crippen LogP contribution is -2.23. The third kappa shape index (κ3) is 3.85. The molecule has 0 aliphatic heterocycles. The van der Waals surface area contributed by atoms with Crippen LogP contribution in [0.5, 0.6) is 0 Å². The van der Waals surface area contributed by atoms with Gasteiger partial charge in [-0.1, -0.05) is 29.9 Å². The molecule has 2 aliphatic rings. The van der Waals surface area contributed by atoms with Crippen LogP contribution in [0.3, 0.4) is 0 Å². The molecule has 2 aliphatic carbocycles. The molecular formula is C17H19NO2. The molecule has 0 fully saturated rings. The first kappa shape index (κ1) is 14.1. The standard InChI is InChI=1S/C17H19NO2/c1-13-6-5-8-15(11-10-13)18-17(19)14-7-3-4-9-16(12-14)20-2/h3-5,7-8,10-12H,6,9H2,1-2H3,(H,18,19). The lowest BCUT2D eigenvalue weighted by Gasteiger charge is -2.07. The van der Waals surface area contributed by atoms with Crippen molar-refractivity contribution in [3.8, 4) is 0 Å². The number of allylic oxidation sites excluding steroid dienone is 8. The highest BCUT2D eigenvalue weighted by molar-refractivity contribution is 5.98. The fourth-order valence-corrected chi connectivity index (χ4v) is 1.93. The second-order valence-corrected chi connectivity index (χ2v) is 4.76. The Hall–Kier alpha value is -2.29. The van der Waals surface area contributed by atoms with Crippen molar-refractivity contribution in [2.75, 3.05) is 7.11 Å². The molecule has 0 atom stereocenters. The van der Waals surface area contributed by atoms with Crippen molar-refractivity contribution in [2.24, 2.45) is 0 Å². The topological polar surface area (TPSA) is 38.3 Å². The second-order valence-electron chi connectivity index (χ2n) is 4.76. The number of rotatable bonds is 3. The lowest BCUT2D eigenvalue weighted by atomic mass is 10.2. The summed E-state index contributed by atoms with van der Waals surface area (Å²) in [6, 6.07) is 0. The van der Waals surface area contributed by atoms with Gasteiger partial charge in [0.05, 0.1) is 7.11 Å². The zero-order chi connectivity index (χ0) is 14.4. The average molecular weight is 269 g/mol. The molecule has 104 valence electrons. The number of methoxy groups -OCH3 is 1. The summed E-state index contributed by atoms with van der Waals surface area (Å²) in [7, 11) is 1.62. The highest BCUT2D eigenvalue weighted by Crippen LogP contribution is 2.14. The Morgan fingerprint density at radius 3 is 2.85 bits per heavy atom. The van der Waals surface area contributed by atoms with Crippen LogP contribution in [0.4, 0.5) is 0 Å². The van der Waals surface area contributed by atoms with Crippen molar-refractivity contribution >= 4 is 5.91 Å². The van der Waals surface area contributed by atoms with Crippen LogP contribution in [-0.2, 0) is 9.53 Å². The third-order valence-corrected chi connectivity index (χ3v) is 3.11. The van der Waals surface area contributed by atoms with Gasteiger partial charge in [0.15, 0.2) is 0 Å². The van der Waals surface area contributed by atoms with E-state index in [0.29, 0.717) is 12.0 Å². The van der Waals surface area contributed by atoms with Crippen LogP contribution in [0, 0.1) is 0 Å². The van der Waals surface area contributed by atoms with Crippen LogP contribution in [0.15, 0.2) is 71.2 Å². The van der Waals surface area contributed by atoms with E-state index in [1.54, 1.807) is 19.3 Å². The van der Waals surface area contributed by atoms with Crippen molar-refractivity contribution < 1.29 is 9.53 Å². The van der Waals surface area contributed by atoms with Crippen LogP contribution in [0.25, 0.3) is 0 Å². The Morgan fingerprint density at radius 2 is 2.05 bits per heavy atom. The van der Waals surface area contributed by atoms with Crippen molar-refractivity contribution in [1.29, 1.82) is 0 Å². The van der Waals surface area contributed by atoms with E-state index in [9.17, 15) is 4.79 Å². The van der Waals surface area contributed by atoms with Gasteiger partial charge in [0.1, 0.15) is 5.76 Å². The molecule has 0 radical (unpaired) electrons. The minimum atomic E-state index is -0.130. The smallest absolute Gasteiger partial charge is 0.255 e. The second kappa shape index (κ2) is 6.75. The van der Waals surface area contributed by atoms with Gasteiger partial charge >= 0.3 is 0 Å². The van der Waals surface area contributed by atoms with E-state index >= 15 is 0 Å². The average Bonchev–Trinajstić information content (AvgIpc) is 2.79. The number of amides is 1. The van der Waals surface area contributed by atoms with Gasteiger partial charge in [-0.05, 0) is 37.6 Å². The molecule has 0 aromatic heterocycles. The summed E-state index contributed by atoms with van der Waals surface area (Å²) in [5.74, 6) is 0.649. The Bertz CT molecular complexity index is 572. The highest BCUT2D eigenvalue weighted by atomic mass is 16.5. The maximum Gasteiger partial charge on any atom is 0.255 e. The maximum atomic E-state index is 12.3. The number of hydrogen-bond donors (Lipinski definition) is 1. The third-order valence-electron chi connectivity index (χ3n) is 3.11. The minimum Gasteiger partial charge on any atom is -0.501 e. The molecule has 1 N–H and O–H groups in total. The molecule has 3 heteroatoms. The number of ether oxygens (including phenoxy) is 1. The summed E-state index contributed by atoms with van der Waals surface area (Å²) >= 11 is 0. The summed E-state index contributed by atoms with van der Waals surface area (Å²) in [5.41, 5.74) is 2.66. The van der Waals surface area contributed by atoms with E-state index in [1.165, 1.54) is 5.57 Å². The quantitative estimate of drug-likeness (QED) is 0.853. The van der Waals surface area contributed by atoms with Gasteiger partial charge in [0.2, 0.25) is 0 Å². The molecule has 0 aromatic carbocycles. The number of nitrogens with one attached hydrogen (secondary N) is 1. The van der Waals surface area contributed by atoms with Gasteiger partial charge in [-0.2, -0.15) is 0 Å². The van der Waals surface area contributed by atoms with Crippen LogP contribution < -0.4 is 5.32 Å². The van der Waals surface area contributed by atoms with Crippen LogP contribution in [-0.4, -0.2) is 13.0 Å². The Labute approximate surface area is 119 Å². The van der Waals surface area contributed by atoms with E-state index in [0.717, 1.165) is 17.9 Å². The van der Waals surface area contributed by atoms with E-state index in [4.69, 9.17) is 4.74 Å². The number of carbonyl (C=O) groups excluding carboxylic acids is 1. The molecular weight excluding hydrogens is 250 g/mol. The van der Waals surface area contributed by atoms with E-state index in [2.05, 4.69) is 12.2 Å². The van der Waals surface area contributed by atoms with Crippen LogP contribution in [0.2, 0.25) is 0 Å². The Morgan fingerprint density at radius 1 is 1.20 bits per heavy atom. The number of hydrogen-bond acceptors (Lipinski definition) is 2. The Kier molecular flexibility index (Phi) is 4.77. The van der Waals surface area contributed by atoms with Crippen molar-refractivity contribution in [1.82, 2.24) is 5.32 Å². The lowest BCUT2D eigenvalue weighted by molar-refractivity contribution is -0.116. The predicted octanol–water partition coefficient (Wildman–Crippen LogP) is 3.31. The first-order chi connectivity index (χ1) is 9.69. The monoisotopic (exact) mass is 269 g/mol. The summed E-state index contributed by atoms with van der Waals surface area (Å²) in [5, 5.41) is 2.91. The van der Waals surface area contributed by atoms with Crippen molar-refractivity contribution in [2.45, 2.75) is 19.8 Å². The molecule has 3 nitrogen and oxygen atoms in total. The molecule has 0 saturated carbocycles. The van der Waals surface area contributed by atoms with Gasteiger partial charge < -0.3 is 10.1 Å². The molecule has 20 heavy (non-hydrogen) atoms. The predicted molar refractivity (Wildman–Crippen MR) is 80.7 cm³/mol. The summed E-state index contributed by atoms with van der Waals surface area (Å²) in [6.07, 6.45) is 16.9. The zero-order valence-electron chi connectivity index (χ0n) is 11.8. The maximum absolute atomic E-state index is 12.3. The zero-order valence-corrected chi connectivity index (χ0v) is 11.8. The summed E-state index contributed by atoms with van der Waals surface area (Å²) < 4.78 is 5.23. The van der Waals surface area contributed by atoms with E-state index in [-0.39, 0.29) is 5.91 Å². The largest absolute Gasteiger partial charge is 0.501 e. The van der Waals surface area contributed by atoms with Crippen molar-refractivity contribution in [3.63, 3.8) is 0 Å². The summed E-state index contributed by atoms with van der Waals surface area (Å²) in [6.45, 7) is 2.07. The molecule has 1 amide bonds. The van der Waals surface area contributed by atoms with Crippen LogP contribution in [0.1, 0.15) is 19.8 Å². The molecule has 2 rings (SSSR count). The number of carbonyl (C=O) groups is 1. The van der Waals surface area contributed by atoms with Crippen LogP contribution >= 0.6 is 0 Å². The first-order valence-corrected chi connectivity index (χ1v) is 6.66. The summed E-state index contributed by atoms with van der Waals surface area (Å²) in [4.78, 5) is 12.3. The molecule has 0 spiro atoms. The highest BCUT2D eigenvalue weighted by Gasteiger charge is 2.10. The van der Waals surface area contributed by atoms with E-state index < -0.39 is 0 Å². The molecule has 0 aromatic rings.